The minimum absolute atomic E-state index is 0.144. The number of carbonyl (C=O) groups excluding carboxylic acids is 3. The molecule has 176 valence electrons. The quantitative estimate of drug-likeness (QED) is 0.172. The van der Waals surface area contributed by atoms with Crippen molar-refractivity contribution in [3.8, 4) is 11.6 Å². The Hall–Kier alpha value is -3.78. The zero-order chi connectivity index (χ0) is 24.9. The molecule has 12 heteroatoms. The van der Waals surface area contributed by atoms with Gasteiger partial charge in [-0.05, 0) is 82.4 Å². The van der Waals surface area contributed by atoms with E-state index in [4.69, 9.17) is 4.74 Å². The molecule has 2 aromatic carbocycles. The van der Waals surface area contributed by atoms with Crippen molar-refractivity contribution in [2.45, 2.75) is 0 Å². The molecule has 1 N–H and O–H groups in total. The van der Waals surface area contributed by atoms with Crippen LogP contribution in [-0.4, -0.2) is 38.4 Å². The average molecular weight is 602 g/mol. The number of anilines is 1. The smallest absolute Gasteiger partial charge is 0.294 e. The van der Waals surface area contributed by atoms with E-state index in [1.165, 1.54) is 12.1 Å². The van der Waals surface area contributed by atoms with Crippen LogP contribution < -0.4 is 10.1 Å². The number of rotatable bonds is 7. The summed E-state index contributed by atoms with van der Waals surface area (Å²) in [6.07, 6.45) is 2.65. The van der Waals surface area contributed by atoms with E-state index in [-0.39, 0.29) is 23.0 Å². The number of halogens is 1. The fourth-order valence-corrected chi connectivity index (χ4v) is 4.16. The number of nitro groups is 1. The van der Waals surface area contributed by atoms with Gasteiger partial charge in [0.25, 0.3) is 16.8 Å². The Morgan fingerprint density at radius 1 is 1.11 bits per heavy atom. The normalized spacial score (nSPS) is 14.3. The average Bonchev–Trinajstić information content (AvgIpc) is 3.09. The molecule has 1 aromatic heterocycles. The number of hydrogen-bond donors (Lipinski definition) is 1. The molecule has 0 saturated carbocycles. The van der Waals surface area contributed by atoms with E-state index in [0.29, 0.717) is 17.0 Å². The molecule has 10 nitrogen and oxygen atoms in total. The van der Waals surface area contributed by atoms with Crippen molar-refractivity contribution in [3.05, 3.63) is 91.0 Å². The van der Waals surface area contributed by atoms with Crippen molar-refractivity contribution in [3.63, 3.8) is 0 Å². The summed E-state index contributed by atoms with van der Waals surface area (Å²) in [5.41, 5.74) is 1.07. The summed E-state index contributed by atoms with van der Waals surface area (Å²) in [7, 11) is 0. The Balaban J connectivity index is 1.38. The number of imide groups is 1. The van der Waals surface area contributed by atoms with Crippen LogP contribution in [0.3, 0.4) is 0 Å². The first-order chi connectivity index (χ1) is 16.8. The summed E-state index contributed by atoms with van der Waals surface area (Å²) in [4.78, 5) is 52.4. The monoisotopic (exact) mass is 602 g/mol. The molecule has 35 heavy (non-hydrogen) atoms. The molecule has 0 atom stereocenters. The van der Waals surface area contributed by atoms with E-state index in [9.17, 15) is 24.5 Å². The molecule has 2 heterocycles. The predicted octanol–water partition coefficient (Wildman–Crippen LogP) is 5.06. The number of pyridine rings is 1. The van der Waals surface area contributed by atoms with Crippen LogP contribution in [0.2, 0.25) is 0 Å². The lowest BCUT2D eigenvalue weighted by Crippen LogP contribution is -2.36. The van der Waals surface area contributed by atoms with Crippen LogP contribution in [0.15, 0.2) is 71.8 Å². The lowest BCUT2D eigenvalue weighted by Gasteiger charge is -2.12. The van der Waals surface area contributed by atoms with Gasteiger partial charge in [0.05, 0.1) is 9.83 Å². The number of ether oxygens (including phenoxy) is 1. The number of hydrogen-bond acceptors (Lipinski definition) is 8. The first-order valence-electron chi connectivity index (χ1n) is 9.97. The Morgan fingerprint density at radius 3 is 2.46 bits per heavy atom. The van der Waals surface area contributed by atoms with Gasteiger partial charge in [-0.2, -0.15) is 0 Å². The van der Waals surface area contributed by atoms with Crippen LogP contribution in [-0.2, 0) is 9.59 Å². The Morgan fingerprint density at radius 2 is 1.83 bits per heavy atom. The molecule has 1 aliphatic heterocycles. The number of thioether (sulfide) groups is 1. The highest BCUT2D eigenvalue weighted by molar-refractivity contribution is 14.1. The van der Waals surface area contributed by atoms with E-state index in [1.807, 2.05) is 12.1 Å². The lowest BCUT2D eigenvalue weighted by molar-refractivity contribution is -0.385. The third-order valence-electron chi connectivity index (χ3n) is 4.64. The number of benzene rings is 2. The molecule has 0 spiro atoms. The van der Waals surface area contributed by atoms with Gasteiger partial charge in [0.15, 0.2) is 0 Å². The topological polar surface area (TPSA) is 132 Å². The molecule has 4 rings (SSSR count). The van der Waals surface area contributed by atoms with E-state index in [2.05, 4.69) is 32.9 Å². The van der Waals surface area contributed by atoms with Gasteiger partial charge in [-0.1, -0.05) is 12.1 Å². The van der Waals surface area contributed by atoms with E-state index in [1.54, 1.807) is 42.5 Å². The zero-order valence-corrected chi connectivity index (χ0v) is 20.7. The number of nitrogens with zero attached hydrogens (tertiary/aromatic N) is 3. The van der Waals surface area contributed by atoms with Crippen LogP contribution >= 0.6 is 34.4 Å². The number of carbonyl (C=O) groups is 3. The second-order valence-corrected chi connectivity index (χ2v) is 9.34. The summed E-state index contributed by atoms with van der Waals surface area (Å²) in [5, 5.41) is 12.8. The second kappa shape index (κ2) is 10.7. The SMILES string of the molecule is O=C(CN1C(=O)S/C(=C\c2ccc(Oc3ccc([N+](=O)[O-])cn3)cc2)C1=O)Nc1ccc(I)cc1. The van der Waals surface area contributed by atoms with Crippen molar-refractivity contribution in [1.82, 2.24) is 9.88 Å². The van der Waals surface area contributed by atoms with Crippen molar-refractivity contribution in [2.75, 3.05) is 11.9 Å². The first kappa shape index (κ1) is 24.3. The number of nitrogens with one attached hydrogen (secondary N) is 1. The first-order valence-corrected chi connectivity index (χ1v) is 11.9. The molecule has 0 bridgehead atoms. The maximum absolute atomic E-state index is 12.7. The third kappa shape index (κ3) is 6.22. The molecule has 0 radical (unpaired) electrons. The largest absolute Gasteiger partial charge is 0.439 e. The molecule has 1 fully saturated rings. The summed E-state index contributed by atoms with van der Waals surface area (Å²) in [6, 6.07) is 16.4. The standard InChI is InChI=1S/C23H15IN4O6S/c24-15-3-5-16(6-4-15)26-20(29)13-27-22(30)19(35-23(27)31)11-14-1-8-18(9-2-14)34-21-10-7-17(12-25-21)28(32)33/h1-12H,13H2,(H,26,29)/b19-11-. The minimum atomic E-state index is -0.552. The minimum Gasteiger partial charge on any atom is -0.439 e. The molecule has 1 saturated heterocycles. The van der Waals surface area contributed by atoms with Crippen LogP contribution in [0.25, 0.3) is 6.08 Å². The highest BCUT2D eigenvalue weighted by atomic mass is 127. The number of amides is 3. The maximum atomic E-state index is 12.7. The summed E-state index contributed by atoms with van der Waals surface area (Å²) >= 11 is 2.91. The van der Waals surface area contributed by atoms with Gasteiger partial charge in [-0.25, -0.2) is 4.98 Å². The third-order valence-corrected chi connectivity index (χ3v) is 6.26. The lowest BCUT2D eigenvalue weighted by atomic mass is 10.2. The highest BCUT2D eigenvalue weighted by Crippen LogP contribution is 2.32. The van der Waals surface area contributed by atoms with Crippen LogP contribution in [0.4, 0.5) is 16.2 Å². The Labute approximate surface area is 216 Å². The van der Waals surface area contributed by atoms with Crippen molar-refractivity contribution in [2.24, 2.45) is 0 Å². The molecule has 0 aliphatic carbocycles. The molecular weight excluding hydrogens is 587 g/mol. The Kier molecular flexibility index (Phi) is 7.41. The van der Waals surface area contributed by atoms with Crippen molar-refractivity contribution >= 4 is 68.9 Å². The number of aromatic nitrogens is 1. The summed E-state index contributed by atoms with van der Waals surface area (Å²) in [5.74, 6) is -0.402. The van der Waals surface area contributed by atoms with Gasteiger partial charge in [-0.15, -0.1) is 0 Å². The van der Waals surface area contributed by atoms with Gasteiger partial charge < -0.3 is 10.1 Å². The fraction of sp³-hybridized carbons (Fsp3) is 0.0435. The molecule has 3 aromatic rings. The molecule has 1 aliphatic rings. The molecule has 3 amide bonds. The second-order valence-electron chi connectivity index (χ2n) is 7.11. The van der Waals surface area contributed by atoms with Crippen molar-refractivity contribution in [1.29, 1.82) is 0 Å². The van der Waals surface area contributed by atoms with E-state index < -0.39 is 22.0 Å². The Bertz CT molecular complexity index is 1330. The zero-order valence-electron chi connectivity index (χ0n) is 17.7. The van der Waals surface area contributed by atoms with Crippen LogP contribution in [0.5, 0.6) is 11.6 Å². The summed E-state index contributed by atoms with van der Waals surface area (Å²) in [6.45, 7) is -0.386. The van der Waals surface area contributed by atoms with Gasteiger partial charge in [0.2, 0.25) is 11.8 Å². The van der Waals surface area contributed by atoms with Gasteiger partial charge in [0.1, 0.15) is 18.5 Å². The fourth-order valence-electron chi connectivity index (χ4n) is 2.96. The van der Waals surface area contributed by atoms with E-state index in [0.717, 1.165) is 26.4 Å². The van der Waals surface area contributed by atoms with Gasteiger partial charge in [0, 0.05) is 21.4 Å². The highest BCUT2D eigenvalue weighted by Gasteiger charge is 2.36. The summed E-state index contributed by atoms with van der Waals surface area (Å²) < 4.78 is 6.57. The molecule has 0 unspecified atom stereocenters. The van der Waals surface area contributed by atoms with Crippen LogP contribution in [0.1, 0.15) is 5.56 Å². The van der Waals surface area contributed by atoms with Gasteiger partial charge in [-0.3, -0.25) is 29.4 Å². The predicted molar refractivity (Wildman–Crippen MR) is 138 cm³/mol. The van der Waals surface area contributed by atoms with E-state index >= 15 is 0 Å². The molecular formula is C23H15IN4O6S. The maximum Gasteiger partial charge on any atom is 0.294 e. The van der Waals surface area contributed by atoms with Gasteiger partial charge >= 0.3 is 0 Å². The van der Waals surface area contributed by atoms with Crippen molar-refractivity contribution < 1.29 is 24.0 Å². The van der Waals surface area contributed by atoms with Crippen LogP contribution in [0, 0.1) is 13.7 Å².